The lowest BCUT2D eigenvalue weighted by Gasteiger charge is -2.17. The average Bonchev–Trinajstić information content (AvgIpc) is 3.44. The van der Waals surface area contributed by atoms with E-state index < -0.39 is 17.9 Å². The number of urea groups is 1. The molecule has 4 rings (SSSR count). The predicted octanol–water partition coefficient (Wildman–Crippen LogP) is 5.33. The van der Waals surface area contributed by atoms with Gasteiger partial charge in [-0.3, -0.25) is 9.69 Å². The Morgan fingerprint density at radius 2 is 1.89 bits per heavy atom. The van der Waals surface area contributed by atoms with Crippen LogP contribution in [0, 0.1) is 0 Å². The number of benzene rings is 2. The molecule has 37 heavy (non-hydrogen) atoms. The van der Waals surface area contributed by atoms with Gasteiger partial charge in [0.1, 0.15) is 23.8 Å². The van der Waals surface area contributed by atoms with Gasteiger partial charge in [-0.05, 0) is 42.5 Å². The number of rotatable bonds is 8. The molecule has 192 valence electrons. The number of hydrogen-bond acceptors (Lipinski definition) is 7. The number of nitrogens with one attached hydrogen (secondary N) is 1. The van der Waals surface area contributed by atoms with Crippen molar-refractivity contribution in [2.75, 3.05) is 26.1 Å². The number of hydrogen-bond donors (Lipinski definition) is 1. The van der Waals surface area contributed by atoms with Crippen molar-refractivity contribution in [3.05, 3.63) is 85.8 Å². The van der Waals surface area contributed by atoms with E-state index in [1.807, 2.05) is 55.4 Å². The number of carbonyl (C=O) groups excluding carboxylic acids is 3. The first kappa shape index (κ1) is 26.5. The maximum absolute atomic E-state index is 13.0. The van der Waals surface area contributed by atoms with Crippen LogP contribution in [0.5, 0.6) is 5.75 Å². The molecule has 0 spiro atoms. The molecule has 1 aliphatic heterocycles. The normalized spacial score (nSPS) is 14.2. The van der Waals surface area contributed by atoms with Crippen LogP contribution in [0.4, 0.5) is 10.5 Å². The highest BCUT2D eigenvalue weighted by atomic mass is 79.9. The molecule has 0 atom stereocenters. The van der Waals surface area contributed by atoms with Crippen molar-refractivity contribution in [2.45, 2.75) is 13.2 Å². The molecule has 1 N–H and O–H groups in total. The molecule has 2 aromatic carbocycles. The Morgan fingerprint density at radius 1 is 1.11 bits per heavy atom. The number of halogens is 2. The molecule has 0 radical (unpaired) electrons. The standard InChI is InChI=1S/C26H23Br2N3O6/c1-30(2)18-7-5-15(23(12-18)36-14-16-4-6-17(27)11-20(16)28)10-21-24(32)31(26(34)29-21)13-19-8-9-22(37-19)25(33)35-3/h4-12H,13-14H2,1-3H3,(H,29,34)/b21-10-. The lowest BCUT2D eigenvalue weighted by Crippen LogP contribution is -2.30. The minimum Gasteiger partial charge on any atom is -0.488 e. The topological polar surface area (TPSA) is 101 Å². The summed E-state index contributed by atoms with van der Waals surface area (Å²) in [5.41, 5.74) is 2.57. The number of ether oxygens (including phenoxy) is 2. The Kier molecular flexibility index (Phi) is 8.03. The summed E-state index contributed by atoms with van der Waals surface area (Å²) in [5, 5.41) is 2.60. The minimum absolute atomic E-state index is 0.0134. The van der Waals surface area contributed by atoms with Crippen molar-refractivity contribution in [2.24, 2.45) is 0 Å². The molecule has 0 unspecified atom stereocenters. The summed E-state index contributed by atoms with van der Waals surface area (Å²) < 4.78 is 18.0. The molecule has 3 amide bonds. The number of furan rings is 1. The van der Waals surface area contributed by atoms with Gasteiger partial charge in [-0.1, -0.05) is 37.9 Å². The third-order valence-electron chi connectivity index (χ3n) is 5.54. The van der Waals surface area contributed by atoms with Crippen molar-refractivity contribution < 1.29 is 28.3 Å². The third kappa shape index (κ3) is 6.05. The van der Waals surface area contributed by atoms with E-state index in [-0.39, 0.29) is 30.4 Å². The zero-order valence-corrected chi connectivity index (χ0v) is 23.4. The van der Waals surface area contributed by atoms with E-state index in [0.717, 1.165) is 25.1 Å². The van der Waals surface area contributed by atoms with E-state index in [1.165, 1.54) is 19.2 Å². The second kappa shape index (κ2) is 11.2. The molecule has 0 aliphatic carbocycles. The van der Waals surface area contributed by atoms with Crippen molar-refractivity contribution in [3.63, 3.8) is 0 Å². The van der Waals surface area contributed by atoms with Gasteiger partial charge in [-0.15, -0.1) is 0 Å². The second-order valence-electron chi connectivity index (χ2n) is 8.28. The summed E-state index contributed by atoms with van der Waals surface area (Å²) in [6.45, 7) is 0.147. The fourth-order valence-electron chi connectivity index (χ4n) is 3.54. The first-order valence-electron chi connectivity index (χ1n) is 11.1. The Balaban J connectivity index is 1.57. The van der Waals surface area contributed by atoms with Crippen LogP contribution in [0.25, 0.3) is 6.08 Å². The summed E-state index contributed by atoms with van der Waals surface area (Å²) in [5.74, 6) is -0.375. The van der Waals surface area contributed by atoms with Crippen LogP contribution < -0.4 is 15.0 Å². The smallest absolute Gasteiger partial charge is 0.373 e. The highest BCUT2D eigenvalue weighted by Crippen LogP contribution is 2.30. The number of esters is 1. The zero-order valence-electron chi connectivity index (χ0n) is 20.2. The molecule has 1 aliphatic rings. The number of anilines is 1. The Morgan fingerprint density at radius 3 is 2.59 bits per heavy atom. The summed E-state index contributed by atoms with van der Waals surface area (Å²) in [4.78, 5) is 40.2. The van der Waals surface area contributed by atoms with Crippen LogP contribution in [0.3, 0.4) is 0 Å². The van der Waals surface area contributed by atoms with Gasteiger partial charge >= 0.3 is 12.0 Å². The Labute approximate surface area is 230 Å². The predicted molar refractivity (Wildman–Crippen MR) is 144 cm³/mol. The van der Waals surface area contributed by atoms with Crippen LogP contribution in [0.2, 0.25) is 0 Å². The summed E-state index contributed by atoms with van der Waals surface area (Å²) in [6.07, 6.45) is 1.58. The van der Waals surface area contributed by atoms with Crippen molar-refractivity contribution in [1.29, 1.82) is 0 Å². The summed E-state index contributed by atoms with van der Waals surface area (Å²) in [7, 11) is 5.07. The van der Waals surface area contributed by atoms with Gasteiger partial charge in [-0.25, -0.2) is 9.59 Å². The summed E-state index contributed by atoms with van der Waals surface area (Å²) in [6, 6.07) is 13.7. The molecule has 1 fully saturated rings. The molecular weight excluding hydrogens is 610 g/mol. The Hall–Kier alpha value is -3.57. The molecule has 1 saturated heterocycles. The third-order valence-corrected chi connectivity index (χ3v) is 6.77. The van der Waals surface area contributed by atoms with E-state index in [9.17, 15) is 14.4 Å². The largest absolute Gasteiger partial charge is 0.488 e. The summed E-state index contributed by atoms with van der Waals surface area (Å²) >= 11 is 6.99. The molecular formula is C26H23Br2N3O6. The fraction of sp³-hybridized carbons (Fsp3) is 0.192. The van der Waals surface area contributed by atoms with E-state index >= 15 is 0 Å². The first-order valence-corrected chi connectivity index (χ1v) is 12.6. The van der Waals surface area contributed by atoms with Crippen molar-refractivity contribution in [1.82, 2.24) is 10.2 Å². The maximum Gasteiger partial charge on any atom is 0.373 e. The number of carbonyl (C=O) groups is 3. The number of nitrogens with zero attached hydrogens (tertiary/aromatic N) is 2. The molecule has 1 aromatic heterocycles. The first-order chi connectivity index (χ1) is 17.7. The van der Waals surface area contributed by atoms with E-state index in [0.29, 0.717) is 11.3 Å². The minimum atomic E-state index is -0.645. The van der Waals surface area contributed by atoms with Gasteiger partial charge < -0.3 is 24.1 Å². The molecule has 3 aromatic rings. The molecule has 0 saturated carbocycles. The molecule has 9 nitrogen and oxygen atoms in total. The quantitative estimate of drug-likeness (QED) is 0.204. The van der Waals surface area contributed by atoms with Gasteiger partial charge in [0.2, 0.25) is 5.76 Å². The van der Waals surface area contributed by atoms with Crippen LogP contribution in [0.1, 0.15) is 27.4 Å². The van der Waals surface area contributed by atoms with Crippen LogP contribution in [0.15, 0.2) is 67.6 Å². The van der Waals surface area contributed by atoms with Crippen molar-refractivity contribution in [3.8, 4) is 5.75 Å². The lowest BCUT2D eigenvalue weighted by atomic mass is 10.1. The number of amides is 3. The molecule has 11 heteroatoms. The van der Waals surface area contributed by atoms with Gasteiger partial charge in [-0.2, -0.15) is 0 Å². The second-order valence-corrected chi connectivity index (χ2v) is 10.0. The highest BCUT2D eigenvalue weighted by Gasteiger charge is 2.34. The Bertz CT molecular complexity index is 1400. The molecule has 0 bridgehead atoms. The number of methoxy groups -OCH3 is 1. The lowest BCUT2D eigenvalue weighted by molar-refractivity contribution is -0.123. The maximum atomic E-state index is 13.0. The van der Waals surface area contributed by atoms with Gasteiger partial charge in [0.15, 0.2) is 0 Å². The van der Waals surface area contributed by atoms with E-state index in [2.05, 4.69) is 41.9 Å². The van der Waals surface area contributed by atoms with Gasteiger partial charge in [0.25, 0.3) is 5.91 Å². The van der Waals surface area contributed by atoms with Gasteiger partial charge in [0, 0.05) is 45.9 Å². The van der Waals surface area contributed by atoms with Gasteiger partial charge in [0.05, 0.1) is 13.7 Å². The highest BCUT2D eigenvalue weighted by molar-refractivity contribution is 9.11. The molecule has 2 heterocycles. The van der Waals surface area contributed by atoms with Crippen LogP contribution >= 0.6 is 31.9 Å². The zero-order chi connectivity index (χ0) is 26.7. The monoisotopic (exact) mass is 631 g/mol. The fourth-order valence-corrected chi connectivity index (χ4v) is 4.70. The van der Waals surface area contributed by atoms with Crippen molar-refractivity contribution >= 4 is 61.5 Å². The van der Waals surface area contributed by atoms with E-state index in [1.54, 1.807) is 6.08 Å². The SMILES string of the molecule is COC(=O)c1ccc(CN2C(=O)N/C(=C\c3ccc(N(C)C)cc3OCc3ccc(Br)cc3Br)C2=O)o1. The van der Waals surface area contributed by atoms with E-state index in [4.69, 9.17) is 9.15 Å². The van der Waals surface area contributed by atoms with Crippen LogP contribution in [-0.2, 0) is 22.7 Å². The number of imide groups is 1. The average molecular weight is 633 g/mol. The van der Waals surface area contributed by atoms with Crippen LogP contribution in [-0.4, -0.2) is 44.0 Å².